The molecule has 1 unspecified atom stereocenters. The van der Waals surface area contributed by atoms with Gasteiger partial charge in [-0.15, -0.1) is 0 Å². The van der Waals surface area contributed by atoms with E-state index in [4.69, 9.17) is 5.73 Å². The van der Waals surface area contributed by atoms with Crippen molar-refractivity contribution >= 4 is 11.4 Å². The van der Waals surface area contributed by atoms with E-state index in [0.29, 0.717) is 5.92 Å². The van der Waals surface area contributed by atoms with Gasteiger partial charge in [0.15, 0.2) is 0 Å². The lowest BCUT2D eigenvalue weighted by Crippen LogP contribution is -2.08. The lowest BCUT2D eigenvalue weighted by molar-refractivity contribution is 0.761. The molecule has 100 valence electrons. The number of hydrogen-bond donors (Lipinski definition) is 1. The minimum Gasteiger partial charge on any atom is -0.398 e. The fourth-order valence-electron chi connectivity index (χ4n) is 2.35. The molecule has 0 fully saturated rings. The van der Waals surface area contributed by atoms with E-state index >= 15 is 0 Å². The van der Waals surface area contributed by atoms with Crippen LogP contribution in [0.15, 0.2) is 48.5 Å². The Kier molecular flexibility index (Phi) is 4.10. The second-order valence-corrected chi connectivity index (χ2v) is 5.29. The molecule has 2 heteroatoms. The average molecular weight is 254 g/mol. The summed E-state index contributed by atoms with van der Waals surface area (Å²) in [5, 5.41) is 0. The molecule has 2 aromatic carbocycles. The first-order chi connectivity index (χ1) is 9.08. The number of nitrogens with two attached hydrogens (primary N) is 1. The summed E-state index contributed by atoms with van der Waals surface area (Å²) in [6.45, 7) is 2.23. The summed E-state index contributed by atoms with van der Waals surface area (Å²) in [6, 6.07) is 16.9. The molecule has 0 aliphatic heterocycles. The Morgan fingerprint density at radius 3 is 2.21 bits per heavy atom. The molecule has 1 atom stereocenters. The fourth-order valence-corrected chi connectivity index (χ4v) is 2.35. The maximum Gasteiger partial charge on any atom is 0.0361 e. The number of nitrogen functional groups attached to an aromatic ring is 1. The summed E-state index contributed by atoms with van der Waals surface area (Å²) in [5.74, 6) is 0.436. The number of benzene rings is 2. The quantitative estimate of drug-likeness (QED) is 0.843. The van der Waals surface area contributed by atoms with E-state index < -0.39 is 0 Å². The molecule has 19 heavy (non-hydrogen) atoms. The van der Waals surface area contributed by atoms with Crippen LogP contribution in [0, 0.1) is 0 Å². The first-order valence-corrected chi connectivity index (χ1v) is 6.68. The van der Waals surface area contributed by atoms with Crippen LogP contribution >= 0.6 is 0 Å². The molecule has 0 spiro atoms. The van der Waals surface area contributed by atoms with E-state index in [9.17, 15) is 0 Å². The maximum absolute atomic E-state index is 6.03. The fraction of sp³-hybridized carbons (Fsp3) is 0.294. The van der Waals surface area contributed by atoms with Gasteiger partial charge in [-0.1, -0.05) is 37.3 Å². The van der Waals surface area contributed by atoms with Gasteiger partial charge in [0.25, 0.3) is 0 Å². The Balaban J connectivity index is 2.11. The molecule has 0 aromatic heterocycles. The Morgan fingerprint density at radius 1 is 1.00 bits per heavy atom. The monoisotopic (exact) mass is 254 g/mol. The van der Waals surface area contributed by atoms with Crippen molar-refractivity contribution in [3.05, 3.63) is 59.7 Å². The van der Waals surface area contributed by atoms with Crippen molar-refractivity contribution in [3.8, 4) is 0 Å². The Morgan fingerprint density at radius 2 is 1.63 bits per heavy atom. The minimum atomic E-state index is 0.436. The molecule has 0 saturated carbocycles. The molecular formula is C17H22N2. The zero-order valence-electron chi connectivity index (χ0n) is 11.9. The number of para-hydroxylation sites is 1. The van der Waals surface area contributed by atoms with Crippen molar-refractivity contribution < 1.29 is 0 Å². The van der Waals surface area contributed by atoms with Crippen LogP contribution in [0.1, 0.15) is 24.0 Å². The molecule has 0 heterocycles. The van der Waals surface area contributed by atoms with Gasteiger partial charge in [-0.25, -0.2) is 0 Å². The zero-order valence-corrected chi connectivity index (χ0v) is 11.9. The van der Waals surface area contributed by atoms with Crippen molar-refractivity contribution in [2.75, 3.05) is 24.7 Å². The summed E-state index contributed by atoms with van der Waals surface area (Å²) < 4.78 is 0. The molecule has 0 bridgehead atoms. The number of rotatable bonds is 4. The SMILES string of the molecule is CC(Cc1ccc(N(C)C)cc1)c1ccccc1N. The topological polar surface area (TPSA) is 29.3 Å². The molecule has 0 aliphatic rings. The van der Waals surface area contributed by atoms with Gasteiger partial charge in [0.1, 0.15) is 0 Å². The Hall–Kier alpha value is -1.96. The third-order valence-electron chi connectivity index (χ3n) is 3.52. The van der Waals surface area contributed by atoms with Gasteiger partial charge in [0.05, 0.1) is 0 Å². The highest BCUT2D eigenvalue weighted by atomic mass is 15.1. The second kappa shape index (κ2) is 5.79. The minimum absolute atomic E-state index is 0.436. The second-order valence-electron chi connectivity index (χ2n) is 5.29. The van der Waals surface area contributed by atoms with Crippen molar-refractivity contribution in [2.45, 2.75) is 19.3 Å². The van der Waals surface area contributed by atoms with Crippen LogP contribution in [0.4, 0.5) is 11.4 Å². The van der Waals surface area contributed by atoms with Crippen molar-refractivity contribution in [1.82, 2.24) is 0 Å². The first-order valence-electron chi connectivity index (χ1n) is 6.68. The van der Waals surface area contributed by atoms with E-state index in [-0.39, 0.29) is 0 Å². The molecular weight excluding hydrogens is 232 g/mol. The van der Waals surface area contributed by atoms with Crippen LogP contribution in [0.3, 0.4) is 0 Å². The van der Waals surface area contributed by atoms with Crippen molar-refractivity contribution in [1.29, 1.82) is 0 Å². The van der Waals surface area contributed by atoms with Gasteiger partial charge >= 0.3 is 0 Å². The molecule has 0 amide bonds. The number of nitrogens with zero attached hydrogens (tertiary/aromatic N) is 1. The van der Waals surface area contributed by atoms with Gasteiger partial charge < -0.3 is 10.6 Å². The van der Waals surface area contributed by atoms with Gasteiger partial charge in [-0.3, -0.25) is 0 Å². The lowest BCUT2D eigenvalue weighted by Gasteiger charge is -2.16. The summed E-state index contributed by atoms with van der Waals surface area (Å²) >= 11 is 0. The summed E-state index contributed by atoms with van der Waals surface area (Å²) in [5.41, 5.74) is 10.7. The summed E-state index contributed by atoms with van der Waals surface area (Å²) in [7, 11) is 4.12. The van der Waals surface area contributed by atoms with E-state index in [1.807, 2.05) is 12.1 Å². The van der Waals surface area contributed by atoms with Crippen LogP contribution in [0.5, 0.6) is 0 Å². The first kappa shape index (κ1) is 13.5. The molecule has 2 rings (SSSR count). The number of anilines is 2. The van der Waals surface area contributed by atoms with Crippen molar-refractivity contribution in [3.63, 3.8) is 0 Å². The molecule has 2 nitrogen and oxygen atoms in total. The van der Waals surface area contributed by atoms with Gasteiger partial charge in [0.2, 0.25) is 0 Å². The van der Waals surface area contributed by atoms with Gasteiger partial charge in [-0.2, -0.15) is 0 Å². The van der Waals surface area contributed by atoms with Gasteiger partial charge in [0, 0.05) is 25.5 Å². The molecule has 0 aliphatic carbocycles. The van der Waals surface area contributed by atoms with Crippen LogP contribution in [-0.2, 0) is 6.42 Å². The predicted octanol–water partition coefficient (Wildman–Crippen LogP) is 3.68. The van der Waals surface area contributed by atoms with E-state index in [1.165, 1.54) is 16.8 Å². The summed E-state index contributed by atoms with van der Waals surface area (Å²) in [4.78, 5) is 2.11. The van der Waals surface area contributed by atoms with Crippen LogP contribution in [0.2, 0.25) is 0 Å². The standard InChI is InChI=1S/C17H22N2/c1-13(16-6-4-5-7-17(16)18)12-14-8-10-15(11-9-14)19(2)3/h4-11,13H,12,18H2,1-3H3. The Labute approximate surface area is 115 Å². The predicted molar refractivity (Wildman–Crippen MR) is 83.7 cm³/mol. The van der Waals surface area contributed by atoms with E-state index in [2.05, 4.69) is 62.3 Å². The molecule has 0 radical (unpaired) electrons. The van der Waals surface area contributed by atoms with Crippen LogP contribution in [0.25, 0.3) is 0 Å². The van der Waals surface area contributed by atoms with Crippen LogP contribution < -0.4 is 10.6 Å². The highest BCUT2D eigenvalue weighted by molar-refractivity contribution is 5.49. The zero-order chi connectivity index (χ0) is 13.8. The maximum atomic E-state index is 6.03. The normalized spacial score (nSPS) is 12.2. The van der Waals surface area contributed by atoms with Crippen molar-refractivity contribution in [2.24, 2.45) is 0 Å². The number of hydrogen-bond acceptors (Lipinski definition) is 2. The van der Waals surface area contributed by atoms with E-state index in [0.717, 1.165) is 12.1 Å². The Bertz CT molecular complexity index is 529. The molecule has 2 N–H and O–H groups in total. The molecule has 2 aromatic rings. The summed E-state index contributed by atoms with van der Waals surface area (Å²) in [6.07, 6.45) is 1.02. The average Bonchev–Trinajstić information content (AvgIpc) is 2.39. The third-order valence-corrected chi connectivity index (χ3v) is 3.52. The lowest BCUT2D eigenvalue weighted by atomic mass is 9.92. The smallest absolute Gasteiger partial charge is 0.0361 e. The van der Waals surface area contributed by atoms with Gasteiger partial charge in [-0.05, 0) is 41.7 Å². The molecule has 0 saturated heterocycles. The van der Waals surface area contributed by atoms with Crippen LogP contribution in [-0.4, -0.2) is 14.1 Å². The third kappa shape index (κ3) is 3.28. The highest BCUT2D eigenvalue weighted by Gasteiger charge is 2.09. The van der Waals surface area contributed by atoms with E-state index in [1.54, 1.807) is 0 Å². The highest BCUT2D eigenvalue weighted by Crippen LogP contribution is 2.25. The largest absolute Gasteiger partial charge is 0.398 e.